The van der Waals surface area contributed by atoms with Gasteiger partial charge in [0.05, 0.1) is 6.20 Å². The van der Waals surface area contributed by atoms with Gasteiger partial charge < -0.3 is 10.6 Å². The summed E-state index contributed by atoms with van der Waals surface area (Å²) in [6.45, 7) is 4.85. The van der Waals surface area contributed by atoms with Crippen molar-refractivity contribution in [2.45, 2.75) is 44.4 Å². The molecular weight excluding hydrogens is 263 g/mol. The molecule has 6 heteroatoms. The number of hydrogen-bond acceptors (Lipinski definition) is 5. The molecule has 0 spiro atoms. The first-order valence-electron chi connectivity index (χ1n) is 6.89. The van der Waals surface area contributed by atoms with Crippen molar-refractivity contribution in [3.63, 3.8) is 0 Å². The third-order valence-corrected chi connectivity index (χ3v) is 4.56. The van der Waals surface area contributed by atoms with E-state index in [1.165, 1.54) is 19.0 Å². The summed E-state index contributed by atoms with van der Waals surface area (Å²) in [5.74, 6) is 1.51. The van der Waals surface area contributed by atoms with Crippen LogP contribution in [0.1, 0.15) is 33.1 Å². The molecule has 1 aliphatic carbocycles. The Morgan fingerprint density at radius 3 is 3.00 bits per heavy atom. The van der Waals surface area contributed by atoms with Crippen LogP contribution in [0, 0.1) is 5.82 Å². The Morgan fingerprint density at radius 1 is 1.42 bits per heavy atom. The van der Waals surface area contributed by atoms with Gasteiger partial charge in [0.2, 0.25) is 5.95 Å². The third kappa shape index (κ3) is 3.72. The molecule has 0 bridgehead atoms. The quantitative estimate of drug-likeness (QED) is 0.840. The second kappa shape index (κ2) is 6.93. The van der Waals surface area contributed by atoms with Crippen LogP contribution in [0.3, 0.4) is 0 Å². The van der Waals surface area contributed by atoms with E-state index in [2.05, 4.69) is 27.5 Å². The maximum atomic E-state index is 13.8. The second-order valence-corrected chi connectivity index (χ2v) is 6.11. The van der Waals surface area contributed by atoms with Crippen molar-refractivity contribution in [1.82, 2.24) is 9.97 Å². The van der Waals surface area contributed by atoms with Crippen LogP contribution >= 0.6 is 11.8 Å². The van der Waals surface area contributed by atoms with Gasteiger partial charge in [0.1, 0.15) is 0 Å². The van der Waals surface area contributed by atoms with Crippen molar-refractivity contribution in [3.05, 3.63) is 12.0 Å². The molecule has 1 aromatic heterocycles. The van der Waals surface area contributed by atoms with E-state index < -0.39 is 0 Å². The van der Waals surface area contributed by atoms with E-state index in [1.54, 1.807) is 0 Å². The minimum absolute atomic E-state index is 0.309. The van der Waals surface area contributed by atoms with E-state index in [0.717, 1.165) is 18.7 Å². The Kier molecular flexibility index (Phi) is 5.24. The highest BCUT2D eigenvalue weighted by molar-refractivity contribution is 7.99. The molecule has 2 unspecified atom stereocenters. The van der Waals surface area contributed by atoms with Crippen LogP contribution in [0.4, 0.5) is 16.2 Å². The molecule has 0 saturated heterocycles. The molecule has 0 radical (unpaired) electrons. The van der Waals surface area contributed by atoms with Crippen LogP contribution in [0.5, 0.6) is 0 Å². The van der Waals surface area contributed by atoms with Gasteiger partial charge in [0.15, 0.2) is 11.6 Å². The van der Waals surface area contributed by atoms with E-state index >= 15 is 0 Å². The first-order chi connectivity index (χ1) is 9.24. The van der Waals surface area contributed by atoms with Crippen LogP contribution in [0.2, 0.25) is 0 Å². The lowest BCUT2D eigenvalue weighted by molar-refractivity contribution is 0.611. The zero-order valence-corrected chi connectivity index (χ0v) is 12.3. The largest absolute Gasteiger partial charge is 0.364 e. The summed E-state index contributed by atoms with van der Waals surface area (Å²) < 4.78 is 13.8. The molecular formula is C13H21FN4S. The van der Waals surface area contributed by atoms with Gasteiger partial charge in [-0.3, -0.25) is 0 Å². The summed E-state index contributed by atoms with van der Waals surface area (Å²) in [6, 6.07) is 0.309. The molecule has 2 atom stereocenters. The van der Waals surface area contributed by atoms with Crippen LogP contribution in [-0.2, 0) is 0 Å². The van der Waals surface area contributed by atoms with Crippen LogP contribution < -0.4 is 10.6 Å². The predicted molar refractivity (Wildman–Crippen MR) is 79.3 cm³/mol. The maximum Gasteiger partial charge on any atom is 0.224 e. The van der Waals surface area contributed by atoms with E-state index in [1.807, 2.05) is 18.7 Å². The number of anilines is 2. The SMILES string of the molecule is CCNc1ncc(F)c(NC2CCCC2SCC)n1. The fraction of sp³-hybridized carbons (Fsp3) is 0.692. The second-order valence-electron chi connectivity index (χ2n) is 4.60. The zero-order chi connectivity index (χ0) is 13.7. The number of aromatic nitrogens is 2. The fourth-order valence-corrected chi connectivity index (χ4v) is 3.59. The molecule has 1 aliphatic rings. The van der Waals surface area contributed by atoms with Crippen molar-refractivity contribution in [1.29, 1.82) is 0 Å². The molecule has 1 saturated carbocycles. The lowest BCUT2D eigenvalue weighted by atomic mass is 10.2. The standard InChI is InChI=1S/C13H21FN4S/c1-3-15-13-16-8-9(14)12(18-13)17-10-6-5-7-11(10)19-4-2/h8,10-11H,3-7H2,1-2H3,(H2,15,16,17,18). The van der Waals surface area contributed by atoms with Crippen molar-refractivity contribution in [2.75, 3.05) is 22.9 Å². The van der Waals surface area contributed by atoms with Gasteiger partial charge in [0, 0.05) is 17.8 Å². The number of hydrogen-bond donors (Lipinski definition) is 2. The van der Waals surface area contributed by atoms with Gasteiger partial charge in [-0.05, 0) is 25.5 Å². The first kappa shape index (κ1) is 14.4. The van der Waals surface area contributed by atoms with Crippen LogP contribution in [-0.4, -0.2) is 33.6 Å². The molecule has 106 valence electrons. The van der Waals surface area contributed by atoms with E-state index in [9.17, 15) is 4.39 Å². The van der Waals surface area contributed by atoms with Gasteiger partial charge in [-0.25, -0.2) is 9.37 Å². The lowest BCUT2D eigenvalue weighted by Gasteiger charge is -2.21. The Balaban J connectivity index is 2.06. The number of nitrogens with one attached hydrogen (secondary N) is 2. The van der Waals surface area contributed by atoms with E-state index in [0.29, 0.717) is 23.1 Å². The molecule has 2 rings (SSSR count). The van der Waals surface area contributed by atoms with Crippen molar-refractivity contribution < 1.29 is 4.39 Å². The van der Waals surface area contributed by atoms with Gasteiger partial charge in [-0.15, -0.1) is 0 Å². The molecule has 4 nitrogen and oxygen atoms in total. The maximum absolute atomic E-state index is 13.8. The smallest absolute Gasteiger partial charge is 0.224 e. The van der Waals surface area contributed by atoms with Crippen LogP contribution in [0.25, 0.3) is 0 Å². The molecule has 0 amide bonds. The van der Waals surface area contributed by atoms with Gasteiger partial charge in [-0.2, -0.15) is 16.7 Å². The van der Waals surface area contributed by atoms with Gasteiger partial charge in [-0.1, -0.05) is 13.3 Å². The van der Waals surface area contributed by atoms with E-state index in [4.69, 9.17) is 0 Å². The zero-order valence-electron chi connectivity index (χ0n) is 11.4. The number of thioether (sulfide) groups is 1. The highest BCUT2D eigenvalue weighted by Crippen LogP contribution is 2.32. The number of halogens is 1. The Hall–Kier alpha value is -1.04. The number of rotatable bonds is 6. The van der Waals surface area contributed by atoms with Gasteiger partial charge >= 0.3 is 0 Å². The number of nitrogens with zero attached hydrogens (tertiary/aromatic N) is 2. The molecule has 19 heavy (non-hydrogen) atoms. The summed E-state index contributed by atoms with van der Waals surface area (Å²) in [4.78, 5) is 8.12. The van der Waals surface area contributed by atoms with Gasteiger partial charge in [0.25, 0.3) is 0 Å². The summed E-state index contributed by atoms with van der Waals surface area (Å²) in [5.41, 5.74) is 0. The molecule has 1 heterocycles. The Labute approximate surface area is 118 Å². The minimum Gasteiger partial charge on any atom is -0.364 e. The minimum atomic E-state index is -0.381. The average Bonchev–Trinajstić information content (AvgIpc) is 2.82. The molecule has 1 fully saturated rings. The van der Waals surface area contributed by atoms with Crippen molar-refractivity contribution >= 4 is 23.5 Å². The highest BCUT2D eigenvalue weighted by Gasteiger charge is 2.28. The monoisotopic (exact) mass is 284 g/mol. The average molecular weight is 284 g/mol. The molecule has 0 aromatic carbocycles. The first-order valence-corrected chi connectivity index (χ1v) is 7.94. The van der Waals surface area contributed by atoms with Crippen molar-refractivity contribution in [2.24, 2.45) is 0 Å². The Bertz CT molecular complexity index is 416. The summed E-state index contributed by atoms with van der Waals surface area (Å²) >= 11 is 1.94. The summed E-state index contributed by atoms with van der Waals surface area (Å²) in [5, 5.41) is 6.82. The Morgan fingerprint density at radius 2 is 2.26 bits per heavy atom. The van der Waals surface area contributed by atoms with Crippen LogP contribution in [0.15, 0.2) is 6.20 Å². The fourth-order valence-electron chi connectivity index (χ4n) is 2.39. The molecule has 2 N–H and O–H groups in total. The summed E-state index contributed by atoms with van der Waals surface area (Å²) in [7, 11) is 0. The summed E-state index contributed by atoms with van der Waals surface area (Å²) in [6.07, 6.45) is 4.70. The molecule has 1 aromatic rings. The lowest BCUT2D eigenvalue weighted by Crippen LogP contribution is -2.27. The normalized spacial score (nSPS) is 22.5. The topological polar surface area (TPSA) is 49.8 Å². The highest BCUT2D eigenvalue weighted by atomic mass is 32.2. The predicted octanol–water partition coefficient (Wildman–Crippen LogP) is 3.13. The van der Waals surface area contributed by atoms with Crippen molar-refractivity contribution in [3.8, 4) is 0 Å². The van der Waals surface area contributed by atoms with E-state index in [-0.39, 0.29) is 5.82 Å². The third-order valence-electron chi connectivity index (χ3n) is 3.23. The molecule has 0 aliphatic heterocycles.